The van der Waals surface area contributed by atoms with Crippen LogP contribution in [0.25, 0.3) is 0 Å². The number of para-hydroxylation sites is 1. The molecule has 0 bridgehead atoms. The first-order chi connectivity index (χ1) is 8.74. The molecule has 2 heterocycles. The van der Waals surface area contributed by atoms with Gasteiger partial charge in [-0.25, -0.2) is 0 Å². The Bertz CT molecular complexity index is 609. The van der Waals surface area contributed by atoms with Crippen LogP contribution in [0.3, 0.4) is 0 Å². The Morgan fingerprint density at radius 2 is 1.89 bits per heavy atom. The van der Waals surface area contributed by atoms with E-state index in [-0.39, 0.29) is 12.1 Å². The van der Waals surface area contributed by atoms with E-state index < -0.39 is 0 Å². The highest BCUT2D eigenvalue weighted by molar-refractivity contribution is 6.01. The Balaban J connectivity index is 1.97. The number of anilines is 1. The van der Waals surface area contributed by atoms with Gasteiger partial charge in [-0.3, -0.25) is 9.78 Å². The summed E-state index contributed by atoms with van der Waals surface area (Å²) >= 11 is 0. The van der Waals surface area contributed by atoms with Gasteiger partial charge in [-0.15, -0.1) is 0 Å². The summed E-state index contributed by atoms with van der Waals surface area (Å²) in [6, 6.07) is 13.2. The van der Waals surface area contributed by atoms with Crippen LogP contribution in [0, 0.1) is 6.92 Å². The first-order valence-corrected chi connectivity index (χ1v) is 5.84. The van der Waals surface area contributed by atoms with Gasteiger partial charge in [0.2, 0.25) is 0 Å². The summed E-state index contributed by atoms with van der Waals surface area (Å²) in [5.41, 5.74) is 3.26. The quantitative estimate of drug-likeness (QED) is 0.802. The predicted molar refractivity (Wildman–Crippen MR) is 69.2 cm³/mol. The van der Waals surface area contributed by atoms with E-state index in [0.717, 1.165) is 17.1 Å². The molecule has 0 fully saturated rings. The standard InChI is InChI=1S/C14H13N3O/c1-9-5-4-8-12(15-9)13-16-11-7-3-2-6-10(11)14(18)17-13/h2-8,13,16H,1H3,(H,17,18). The monoisotopic (exact) mass is 239 g/mol. The zero-order chi connectivity index (χ0) is 12.5. The van der Waals surface area contributed by atoms with Crippen LogP contribution in [0.15, 0.2) is 42.5 Å². The number of carbonyl (C=O) groups excluding carboxylic acids is 1. The van der Waals surface area contributed by atoms with Gasteiger partial charge in [0.05, 0.1) is 11.3 Å². The lowest BCUT2D eigenvalue weighted by Gasteiger charge is -2.27. The number of nitrogens with one attached hydrogen (secondary N) is 2. The number of amides is 1. The van der Waals surface area contributed by atoms with E-state index in [4.69, 9.17) is 0 Å². The largest absolute Gasteiger partial charge is 0.360 e. The highest BCUT2D eigenvalue weighted by Gasteiger charge is 2.24. The van der Waals surface area contributed by atoms with Gasteiger partial charge in [-0.2, -0.15) is 0 Å². The molecule has 18 heavy (non-hydrogen) atoms. The Morgan fingerprint density at radius 1 is 1.06 bits per heavy atom. The molecule has 0 aliphatic carbocycles. The number of pyridine rings is 1. The van der Waals surface area contributed by atoms with Crippen molar-refractivity contribution < 1.29 is 4.79 Å². The molecule has 2 N–H and O–H groups in total. The summed E-state index contributed by atoms with van der Waals surface area (Å²) in [6.07, 6.45) is -0.271. The molecular formula is C14H13N3O. The maximum absolute atomic E-state index is 12.0. The van der Waals surface area contributed by atoms with Gasteiger partial charge in [0.25, 0.3) is 5.91 Å². The van der Waals surface area contributed by atoms with Crippen LogP contribution in [0.4, 0.5) is 5.69 Å². The van der Waals surface area contributed by atoms with Crippen LogP contribution in [-0.4, -0.2) is 10.9 Å². The van der Waals surface area contributed by atoms with Gasteiger partial charge in [-0.1, -0.05) is 18.2 Å². The van der Waals surface area contributed by atoms with Crippen molar-refractivity contribution in [1.82, 2.24) is 10.3 Å². The zero-order valence-electron chi connectivity index (χ0n) is 9.97. The molecule has 1 atom stereocenters. The second kappa shape index (κ2) is 4.14. The van der Waals surface area contributed by atoms with Crippen molar-refractivity contribution in [3.63, 3.8) is 0 Å². The topological polar surface area (TPSA) is 54.0 Å². The number of aromatic nitrogens is 1. The van der Waals surface area contributed by atoms with E-state index in [1.54, 1.807) is 6.07 Å². The SMILES string of the molecule is Cc1cccc(C2NC(=O)c3ccccc3N2)n1. The first kappa shape index (κ1) is 10.8. The van der Waals surface area contributed by atoms with Crippen molar-refractivity contribution in [3.05, 3.63) is 59.4 Å². The molecular weight excluding hydrogens is 226 g/mol. The fraction of sp³-hybridized carbons (Fsp3) is 0.143. The Morgan fingerprint density at radius 3 is 2.72 bits per heavy atom. The maximum atomic E-state index is 12.0. The number of hydrogen-bond acceptors (Lipinski definition) is 3. The molecule has 3 rings (SSSR count). The third-order valence-electron chi connectivity index (χ3n) is 2.95. The Kier molecular flexibility index (Phi) is 2.48. The van der Waals surface area contributed by atoms with E-state index in [0.29, 0.717) is 5.56 Å². The molecule has 2 aromatic rings. The van der Waals surface area contributed by atoms with Crippen LogP contribution >= 0.6 is 0 Å². The molecule has 1 aromatic heterocycles. The summed E-state index contributed by atoms with van der Waals surface area (Å²) in [6.45, 7) is 1.93. The number of benzene rings is 1. The average molecular weight is 239 g/mol. The molecule has 1 amide bonds. The van der Waals surface area contributed by atoms with Crippen molar-refractivity contribution in [3.8, 4) is 0 Å². The molecule has 0 spiro atoms. The van der Waals surface area contributed by atoms with Crippen molar-refractivity contribution in [2.45, 2.75) is 13.1 Å². The first-order valence-electron chi connectivity index (χ1n) is 5.84. The minimum absolute atomic E-state index is 0.0716. The smallest absolute Gasteiger partial charge is 0.255 e. The summed E-state index contributed by atoms with van der Waals surface area (Å²) in [4.78, 5) is 16.4. The minimum atomic E-state index is -0.271. The Hall–Kier alpha value is -2.36. The van der Waals surface area contributed by atoms with Gasteiger partial charge in [0.1, 0.15) is 6.17 Å². The summed E-state index contributed by atoms with van der Waals surface area (Å²) in [7, 11) is 0. The van der Waals surface area contributed by atoms with Crippen LogP contribution in [-0.2, 0) is 0 Å². The van der Waals surface area contributed by atoms with Crippen molar-refractivity contribution in [2.24, 2.45) is 0 Å². The fourth-order valence-corrected chi connectivity index (χ4v) is 2.08. The molecule has 1 unspecified atom stereocenters. The van der Waals surface area contributed by atoms with E-state index in [2.05, 4.69) is 15.6 Å². The zero-order valence-corrected chi connectivity index (χ0v) is 9.97. The van der Waals surface area contributed by atoms with E-state index >= 15 is 0 Å². The second-order valence-electron chi connectivity index (χ2n) is 4.30. The summed E-state index contributed by atoms with van der Waals surface area (Å²) in [5, 5.41) is 6.18. The summed E-state index contributed by atoms with van der Waals surface area (Å²) < 4.78 is 0. The van der Waals surface area contributed by atoms with Gasteiger partial charge in [0.15, 0.2) is 0 Å². The number of aryl methyl sites for hydroxylation is 1. The molecule has 0 radical (unpaired) electrons. The van der Waals surface area contributed by atoms with Crippen LogP contribution in [0.1, 0.15) is 27.9 Å². The number of nitrogens with zero attached hydrogens (tertiary/aromatic N) is 1. The molecule has 1 aromatic carbocycles. The normalized spacial score (nSPS) is 17.6. The van der Waals surface area contributed by atoms with Crippen molar-refractivity contribution in [2.75, 3.05) is 5.32 Å². The third kappa shape index (κ3) is 1.82. The molecule has 0 saturated heterocycles. The maximum Gasteiger partial charge on any atom is 0.255 e. The predicted octanol–water partition coefficient (Wildman–Crippen LogP) is 2.24. The molecule has 4 nitrogen and oxygen atoms in total. The highest BCUT2D eigenvalue weighted by Crippen LogP contribution is 2.25. The van der Waals surface area contributed by atoms with Crippen molar-refractivity contribution in [1.29, 1.82) is 0 Å². The number of carbonyl (C=O) groups is 1. The van der Waals surface area contributed by atoms with E-state index in [9.17, 15) is 4.79 Å². The summed E-state index contributed by atoms with van der Waals surface area (Å²) in [5.74, 6) is -0.0716. The lowest BCUT2D eigenvalue weighted by Crippen LogP contribution is -2.38. The molecule has 90 valence electrons. The lowest BCUT2D eigenvalue weighted by atomic mass is 10.1. The number of rotatable bonds is 1. The van der Waals surface area contributed by atoms with Crippen molar-refractivity contribution >= 4 is 11.6 Å². The van der Waals surface area contributed by atoms with Crippen LogP contribution in [0.2, 0.25) is 0 Å². The molecule has 4 heteroatoms. The lowest BCUT2D eigenvalue weighted by molar-refractivity contribution is 0.0935. The third-order valence-corrected chi connectivity index (χ3v) is 2.95. The second-order valence-corrected chi connectivity index (χ2v) is 4.30. The Labute approximate surface area is 105 Å². The van der Waals surface area contributed by atoms with Crippen LogP contribution in [0.5, 0.6) is 0 Å². The van der Waals surface area contributed by atoms with E-state index in [1.807, 2.05) is 43.3 Å². The van der Waals surface area contributed by atoms with Gasteiger partial charge >= 0.3 is 0 Å². The minimum Gasteiger partial charge on any atom is -0.360 e. The highest BCUT2D eigenvalue weighted by atomic mass is 16.2. The number of hydrogen-bond donors (Lipinski definition) is 2. The molecule has 0 saturated carbocycles. The molecule has 1 aliphatic rings. The number of fused-ring (bicyclic) bond motifs is 1. The van der Waals surface area contributed by atoms with Crippen LogP contribution < -0.4 is 10.6 Å². The van der Waals surface area contributed by atoms with Gasteiger partial charge in [0, 0.05) is 11.4 Å². The fourth-order valence-electron chi connectivity index (χ4n) is 2.08. The average Bonchev–Trinajstić information content (AvgIpc) is 2.39. The van der Waals surface area contributed by atoms with Gasteiger partial charge in [-0.05, 0) is 31.2 Å². The molecule has 1 aliphatic heterocycles. The van der Waals surface area contributed by atoms with Gasteiger partial charge < -0.3 is 10.6 Å². The van der Waals surface area contributed by atoms with E-state index in [1.165, 1.54) is 0 Å².